The van der Waals surface area contributed by atoms with E-state index in [0.29, 0.717) is 12.8 Å². The molecule has 0 atom stereocenters. The maximum atomic E-state index is 11.6. The lowest BCUT2D eigenvalue weighted by Crippen LogP contribution is -2.10. The predicted octanol–water partition coefficient (Wildman–Crippen LogP) is 2.22. The van der Waals surface area contributed by atoms with Crippen LogP contribution in [0.1, 0.15) is 38.5 Å². The zero-order valence-corrected chi connectivity index (χ0v) is 10.4. The predicted molar refractivity (Wildman–Crippen MR) is 71.4 cm³/mol. The molecule has 1 aromatic carbocycles. The SMILES string of the molecule is O=C([OH2+])CCCCCCC(=O)Nc1ccccc1. The Bertz CT molecular complexity index is 376. The summed E-state index contributed by atoms with van der Waals surface area (Å²) in [7, 11) is 0. The minimum absolute atomic E-state index is 0.0257. The second-order valence-corrected chi connectivity index (χ2v) is 4.25. The molecule has 1 rings (SSSR count). The quantitative estimate of drug-likeness (QED) is 0.567. The van der Waals surface area contributed by atoms with Crippen LogP contribution in [0.15, 0.2) is 30.3 Å². The summed E-state index contributed by atoms with van der Waals surface area (Å²) in [6, 6.07) is 9.39. The Morgan fingerprint density at radius 1 is 0.944 bits per heavy atom. The number of unbranched alkanes of at least 4 members (excludes halogenated alkanes) is 3. The third kappa shape index (κ3) is 6.68. The van der Waals surface area contributed by atoms with E-state index in [4.69, 9.17) is 5.11 Å². The van der Waals surface area contributed by atoms with Crippen LogP contribution in [0, 0.1) is 0 Å². The molecule has 4 heteroatoms. The van der Waals surface area contributed by atoms with E-state index in [9.17, 15) is 9.59 Å². The zero-order valence-electron chi connectivity index (χ0n) is 10.4. The highest BCUT2D eigenvalue weighted by molar-refractivity contribution is 5.90. The molecule has 3 N–H and O–H groups in total. The van der Waals surface area contributed by atoms with Crippen molar-refractivity contribution in [1.82, 2.24) is 0 Å². The number of nitrogens with one attached hydrogen (secondary N) is 1. The minimum atomic E-state index is -0.503. The number of rotatable bonds is 8. The number of carbonyl (C=O) groups excluding carboxylic acids is 2. The van der Waals surface area contributed by atoms with E-state index >= 15 is 0 Å². The van der Waals surface area contributed by atoms with Gasteiger partial charge < -0.3 is 10.4 Å². The average molecular weight is 250 g/mol. The van der Waals surface area contributed by atoms with Gasteiger partial charge in [-0.05, 0) is 25.0 Å². The molecule has 98 valence electrons. The number of hydrogen-bond donors (Lipinski definition) is 1. The third-order valence-corrected chi connectivity index (χ3v) is 2.62. The number of anilines is 1. The van der Waals surface area contributed by atoms with Gasteiger partial charge in [-0.1, -0.05) is 31.0 Å². The third-order valence-electron chi connectivity index (χ3n) is 2.62. The van der Waals surface area contributed by atoms with E-state index in [1.54, 1.807) is 0 Å². The van der Waals surface area contributed by atoms with Crippen molar-refractivity contribution in [1.29, 1.82) is 0 Å². The summed E-state index contributed by atoms with van der Waals surface area (Å²) in [5.74, 6) is -0.477. The molecule has 1 aromatic rings. The lowest BCUT2D eigenvalue weighted by molar-refractivity contribution is -0.137. The second kappa shape index (κ2) is 8.28. The highest BCUT2D eigenvalue weighted by Gasteiger charge is 2.05. The van der Waals surface area contributed by atoms with E-state index in [1.165, 1.54) is 0 Å². The summed E-state index contributed by atoms with van der Waals surface area (Å²) in [5.41, 5.74) is 0.822. The maximum absolute atomic E-state index is 11.6. The van der Waals surface area contributed by atoms with Crippen molar-refractivity contribution in [3.05, 3.63) is 30.3 Å². The van der Waals surface area contributed by atoms with Gasteiger partial charge in [-0.15, -0.1) is 0 Å². The first-order valence-electron chi connectivity index (χ1n) is 6.28. The fourth-order valence-electron chi connectivity index (χ4n) is 1.67. The number of benzene rings is 1. The summed E-state index contributed by atoms with van der Waals surface area (Å²) in [6.07, 6.45) is 4.24. The van der Waals surface area contributed by atoms with Crippen LogP contribution in [0.4, 0.5) is 5.69 Å². The molecule has 18 heavy (non-hydrogen) atoms. The van der Waals surface area contributed by atoms with Crippen LogP contribution < -0.4 is 5.32 Å². The standard InChI is InChI=1S/C14H19NO3/c16-13(15-12-8-4-3-5-9-12)10-6-1-2-7-11-14(17)18/h3-5,8-9H,1-2,6-7,10-11H2,(H,15,16)(H,17,18)/p+1. The molecule has 0 aliphatic carbocycles. The summed E-state index contributed by atoms with van der Waals surface area (Å²) in [6.45, 7) is 0. The molecule has 0 aliphatic rings. The van der Waals surface area contributed by atoms with Gasteiger partial charge in [0.1, 0.15) is 6.42 Å². The molecule has 0 aliphatic heterocycles. The van der Waals surface area contributed by atoms with Crippen LogP contribution in [0.3, 0.4) is 0 Å². The van der Waals surface area contributed by atoms with Gasteiger partial charge in [0.25, 0.3) is 0 Å². The molecule has 0 radical (unpaired) electrons. The monoisotopic (exact) mass is 250 g/mol. The van der Waals surface area contributed by atoms with Gasteiger partial charge in [0.15, 0.2) is 0 Å². The summed E-state index contributed by atoms with van der Waals surface area (Å²) < 4.78 is 0. The maximum Gasteiger partial charge on any atom is 0.515 e. The molecule has 0 heterocycles. The molecule has 0 aromatic heterocycles. The molecular weight excluding hydrogens is 230 g/mol. The first-order valence-corrected chi connectivity index (χ1v) is 6.28. The molecular formula is C14H20NO3+. The molecule has 0 saturated heterocycles. The fourth-order valence-corrected chi connectivity index (χ4v) is 1.67. The number of hydrogen-bond acceptors (Lipinski definition) is 2. The van der Waals surface area contributed by atoms with Crippen LogP contribution in [0.5, 0.6) is 0 Å². The van der Waals surface area contributed by atoms with Crippen molar-refractivity contribution in [3.8, 4) is 0 Å². The molecule has 0 bridgehead atoms. The van der Waals surface area contributed by atoms with Gasteiger partial charge in [0.05, 0.1) is 0 Å². The Morgan fingerprint density at radius 2 is 1.56 bits per heavy atom. The highest BCUT2D eigenvalue weighted by atomic mass is 16.4. The zero-order chi connectivity index (χ0) is 13.2. The molecule has 0 unspecified atom stereocenters. The van der Waals surface area contributed by atoms with Crippen molar-refractivity contribution >= 4 is 17.6 Å². The van der Waals surface area contributed by atoms with Crippen molar-refractivity contribution < 1.29 is 14.7 Å². The van der Waals surface area contributed by atoms with Gasteiger partial charge in [-0.3, -0.25) is 4.79 Å². The topological polar surface area (TPSA) is 69.1 Å². The minimum Gasteiger partial charge on any atom is -0.565 e. The van der Waals surface area contributed by atoms with Gasteiger partial charge in [0, 0.05) is 16.9 Å². The molecule has 0 spiro atoms. The van der Waals surface area contributed by atoms with E-state index in [1.807, 2.05) is 30.3 Å². The van der Waals surface area contributed by atoms with E-state index in [-0.39, 0.29) is 5.91 Å². The van der Waals surface area contributed by atoms with E-state index in [2.05, 4.69) is 5.32 Å². The molecule has 4 nitrogen and oxygen atoms in total. The largest absolute Gasteiger partial charge is 0.565 e. The summed E-state index contributed by atoms with van der Waals surface area (Å²) in [5, 5.41) is 9.58. The molecule has 0 saturated carbocycles. The first kappa shape index (κ1) is 14.2. The Labute approximate surface area is 107 Å². The van der Waals surface area contributed by atoms with Gasteiger partial charge in [0.2, 0.25) is 5.91 Å². The van der Waals surface area contributed by atoms with Crippen LogP contribution in [0.2, 0.25) is 0 Å². The van der Waals surface area contributed by atoms with Crippen LogP contribution in [-0.2, 0) is 9.59 Å². The Morgan fingerprint density at radius 3 is 2.17 bits per heavy atom. The lowest BCUT2D eigenvalue weighted by atomic mass is 10.1. The molecule has 0 fully saturated rings. The van der Waals surface area contributed by atoms with Crippen LogP contribution in [-0.4, -0.2) is 17.0 Å². The van der Waals surface area contributed by atoms with Gasteiger partial charge >= 0.3 is 5.97 Å². The lowest BCUT2D eigenvalue weighted by Gasteiger charge is -2.04. The Hall–Kier alpha value is -1.84. The smallest absolute Gasteiger partial charge is 0.515 e. The van der Waals surface area contributed by atoms with Crippen molar-refractivity contribution in [2.24, 2.45) is 0 Å². The Balaban J connectivity index is 2.05. The van der Waals surface area contributed by atoms with Crippen molar-refractivity contribution in [2.75, 3.05) is 5.32 Å². The van der Waals surface area contributed by atoms with Crippen molar-refractivity contribution in [2.45, 2.75) is 38.5 Å². The summed E-state index contributed by atoms with van der Waals surface area (Å²) >= 11 is 0. The first-order chi connectivity index (χ1) is 8.68. The normalized spacial score (nSPS) is 10.0. The van der Waals surface area contributed by atoms with Gasteiger partial charge in [-0.2, -0.15) is 0 Å². The van der Waals surface area contributed by atoms with E-state index in [0.717, 1.165) is 31.4 Å². The number of amides is 1. The average Bonchev–Trinajstić information content (AvgIpc) is 2.34. The van der Waals surface area contributed by atoms with Crippen molar-refractivity contribution in [3.63, 3.8) is 0 Å². The van der Waals surface area contributed by atoms with Gasteiger partial charge in [-0.25, -0.2) is 0 Å². The van der Waals surface area contributed by atoms with Crippen LogP contribution >= 0.6 is 0 Å². The number of carbonyl (C=O) groups is 2. The van der Waals surface area contributed by atoms with E-state index < -0.39 is 5.97 Å². The summed E-state index contributed by atoms with van der Waals surface area (Å²) in [4.78, 5) is 21.9. The highest BCUT2D eigenvalue weighted by Crippen LogP contribution is 2.09. The second-order valence-electron chi connectivity index (χ2n) is 4.25. The fraction of sp³-hybridized carbons (Fsp3) is 0.429. The Kier molecular flexibility index (Phi) is 6.54. The molecule has 1 amide bonds. The number of para-hydroxylation sites is 1. The van der Waals surface area contributed by atoms with Crippen LogP contribution in [0.25, 0.3) is 0 Å².